The predicted octanol–water partition coefficient (Wildman–Crippen LogP) is 0.291. The number of hydrogen-bond acceptors (Lipinski definition) is 3. The molecule has 0 rings (SSSR count). The number of rotatable bonds is 5. The Bertz CT molecular complexity index is 241. The van der Waals surface area contributed by atoms with Crippen molar-refractivity contribution in [2.75, 3.05) is 7.05 Å². The summed E-state index contributed by atoms with van der Waals surface area (Å²) in [7, 11) is 1.48. The van der Waals surface area contributed by atoms with E-state index in [1.54, 1.807) is 6.92 Å². The van der Waals surface area contributed by atoms with Gasteiger partial charge in [0.15, 0.2) is 0 Å². The summed E-state index contributed by atoms with van der Waals surface area (Å²) >= 11 is 0. The van der Waals surface area contributed by atoms with Crippen LogP contribution in [0, 0.1) is 5.92 Å². The fraction of sp³-hybridized carbons (Fsp3) is 0.800. The molecule has 5 heteroatoms. The van der Waals surface area contributed by atoms with Crippen LogP contribution >= 0.6 is 0 Å². The highest BCUT2D eigenvalue weighted by molar-refractivity contribution is 5.86. The van der Waals surface area contributed by atoms with Gasteiger partial charge in [-0.2, -0.15) is 0 Å². The summed E-state index contributed by atoms with van der Waals surface area (Å²) in [6.45, 7) is 5.39. The zero-order valence-corrected chi connectivity index (χ0v) is 9.73. The van der Waals surface area contributed by atoms with Crippen LogP contribution in [0.25, 0.3) is 0 Å². The topological polar surface area (TPSA) is 83.6 Å². The van der Waals surface area contributed by atoms with Crippen LogP contribution in [0.3, 0.4) is 0 Å². The Labute approximate surface area is 90.2 Å². The summed E-state index contributed by atoms with van der Waals surface area (Å²) in [5, 5.41) is 8.88. The molecule has 1 amide bonds. The average Bonchev–Trinajstić information content (AvgIpc) is 2.15. The van der Waals surface area contributed by atoms with Crippen LogP contribution in [0.4, 0.5) is 0 Å². The van der Waals surface area contributed by atoms with Crippen molar-refractivity contribution in [1.29, 1.82) is 0 Å². The van der Waals surface area contributed by atoms with Crippen LogP contribution in [0.15, 0.2) is 0 Å². The fourth-order valence-electron chi connectivity index (χ4n) is 1.29. The number of hydrogen-bond donors (Lipinski definition) is 2. The Morgan fingerprint density at radius 1 is 1.40 bits per heavy atom. The first-order valence-electron chi connectivity index (χ1n) is 5.07. The molecule has 0 saturated carbocycles. The number of carbonyl (C=O) groups is 2. The Hall–Kier alpha value is -1.10. The van der Waals surface area contributed by atoms with Gasteiger partial charge in [-0.1, -0.05) is 20.8 Å². The second-order valence-corrected chi connectivity index (χ2v) is 3.98. The van der Waals surface area contributed by atoms with Crippen molar-refractivity contribution in [3.8, 4) is 0 Å². The van der Waals surface area contributed by atoms with Gasteiger partial charge in [0.25, 0.3) is 0 Å². The van der Waals surface area contributed by atoms with Crippen molar-refractivity contribution in [3.63, 3.8) is 0 Å². The standard InChI is InChI=1S/C10H20N2O3/c1-5-7(10(14)15)12(4)9(13)8(11)6(2)3/h6-8H,5,11H2,1-4H3,(H,14,15). The van der Waals surface area contributed by atoms with Crippen LogP contribution in [-0.4, -0.2) is 41.0 Å². The van der Waals surface area contributed by atoms with Crippen LogP contribution in [0.1, 0.15) is 27.2 Å². The van der Waals surface area contributed by atoms with E-state index in [1.807, 2.05) is 13.8 Å². The quantitative estimate of drug-likeness (QED) is 0.692. The van der Waals surface area contributed by atoms with Gasteiger partial charge in [0.2, 0.25) is 5.91 Å². The largest absolute Gasteiger partial charge is 0.480 e. The van der Waals surface area contributed by atoms with Crippen LogP contribution in [0.5, 0.6) is 0 Å². The third-order valence-corrected chi connectivity index (χ3v) is 2.49. The molecule has 0 heterocycles. The molecule has 2 unspecified atom stereocenters. The molecule has 0 bridgehead atoms. The number of carboxylic acids is 1. The van der Waals surface area contributed by atoms with Gasteiger partial charge in [-0.3, -0.25) is 4.79 Å². The molecule has 88 valence electrons. The summed E-state index contributed by atoms with van der Waals surface area (Å²) in [4.78, 5) is 23.8. The number of carbonyl (C=O) groups excluding carboxylic acids is 1. The van der Waals surface area contributed by atoms with E-state index in [1.165, 1.54) is 11.9 Å². The van der Waals surface area contributed by atoms with E-state index in [4.69, 9.17) is 10.8 Å². The maximum absolute atomic E-state index is 11.7. The summed E-state index contributed by atoms with van der Waals surface area (Å²) in [6.07, 6.45) is 0.377. The molecule has 0 aliphatic heterocycles. The fourth-order valence-corrected chi connectivity index (χ4v) is 1.29. The summed E-state index contributed by atoms with van der Waals surface area (Å²) < 4.78 is 0. The normalized spacial score (nSPS) is 14.8. The minimum absolute atomic E-state index is 0.00579. The van der Waals surface area contributed by atoms with E-state index in [0.717, 1.165) is 0 Å². The summed E-state index contributed by atoms with van der Waals surface area (Å²) in [5.74, 6) is -1.31. The minimum atomic E-state index is -0.996. The van der Waals surface area contributed by atoms with Crippen molar-refractivity contribution in [2.45, 2.75) is 39.3 Å². The molecular formula is C10H20N2O3. The first kappa shape index (κ1) is 13.9. The van der Waals surface area contributed by atoms with Crippen molar-refractivity contribution in [1.82, 2.24) is 4.90 Å². The molecule has 0 aromatic rings. The van der Waals surface area contributed by atoms with Gasteiger partial charge >= 0.3 is 5.97 Å². The molecule has 0 radical (unpaired) electrons. The Balaban J connectivity index is 4.61. The molecule has 0 aliphatic carbocycles. The molecule has 5 nitrogen and oxygen atoms in total. The molecule has 0 spiro atoms. The lowest BCUT2D eigenvalue weighted by atomic mass is 10.0. The van der Waals surface area contributed by atoms with Crippen molar-refractivity contribution < 1.29 is 14.7 Å². The van der Waals surface area contributed by atoms with E-state index in [9.17, 15) is 9.59 Å². The van der Waals surface area contributed by atoms with Crippen LogP contribution < -0.4 is 5.73 Å². The molecule has 2 atom stereocenters. The van der Waals surface area contributed by atoms with E-state index >= 15 is 0 Å². The van der Waals surface area contributed by atoms with Gasteiger partial charge in [-0.25, -0.2) is 4.79 Å². The van der Waals surface area contributed by atoms with Gasteiger partial charge < -0.3 is 15.7 Å². The molecule has 0 aromatic carbocycles. The number of aliphatic carboxylic acids is 1. The van der Waals surface area contributed by atoms with Gasteiger partial charge in [-0.15, -0.1) is 0 Å². The summed E-state index contributed by atoms with van der Waals surface area (Å²) in [6, 6.07) is -1.43. The maximum atomic E-state index is 11.7. The number of carboxylic acid groups (broad SMARTS) is 1. The highest BCUT2D eigenvalue weighted by atomic mass is 16.4. The van der Waals surface area contributed by atoms with Gasteiger partial charge in [0.05, 0.1) is 6.04 Å². The number of amides is 1. The van der Waals surface area contributed by atoms with Crippen molar-refractivity contribution >= 4 is 11.9 Å². The van der Waals surface area contributed by atoms with Crippen LogP contribution in [-0.2, 0) is 9.59 Å². The Morgan fingerprint density at radius 2 is 1.87 bits per heavy atom. The SMILES string of the molecule is CCC(C(=O)O)N(C)C(=O)C(N)C(C)C. The van der Waals surface area contributed by atoms with E-state index in [-0.39, 0.29) is 11.8 Å². The lowest BCUT2D eigenvalue weighted by molar-refractivity contribution is -0.150. The lowest BCUT2D eigenvalue weighted by Gasteiger charge is -2.27. The highest BCUT2D eigenvalue weighted by Crippen LogP contribution is 2.08. The van der Waals surface area contributed by atoms with Gasteiger partial charge in [0.1, 0.15) is 6.04 Å². The number of likely N-dealkylation sites (N-methyl/N-ethyl adjacent to an activating group) is 1. The zero-order chi connectivity index (χ0) is 12.2. The lowest BCUT2D eigenvalue weighted by Crippen LogP contribution is -2.50. The van der Waals surface area contributed by atoms with Gasteiger partial charge in [-0.05, 0) is 12.3 Å². The molecular weight excluding hydrogens is 196 g/mol. The second kappa shape index (κ2) is 5.70. The smallest absolute Gasteiger partial charge is 0.326 e. The highest BCUT2D eigenvalue weighted by Gasteiger charge is 2.29. The number of nitrogens with two attached hydrogens (primary N) is 1. The molecule has 3 N–H and O–H groups in total. The summed E-state index contributed by atoms with van der Waals surface area (Å²) in [5.41, 5.74) is 5.67. The maximum Gasteiger partial charge on any atom is 0.326 e. The number of nitrogens with zero attached hydrogens (tertiary/aromatic N) is 1. The van der Waals surface area contributed by atoms with Gasteiger partial charge in [0, 0.05) is 7.05 Å². The predicted molar refractivity (Wildman–Crippen MR) is 57.3 cm³/mol. The first-order valence-corrected chi connectivity index (χ1v) is 5.07. The third kappa shape index (κ3) is 3.51. The molecule has 0 aromatic heterocycles. The zero-order valence-electron chi connectivity index (χ0n) is 9.73. The molecule has 0 fully saturated rings. The van der Waals surface area contributed by atoms with Crippen molar-refractivity contribution in [3.05, 3.63) is 0 Å². The monoisotopic (exact) mass is 216 g/mol. The van der Waals surface area contributed by atoms with E-state index in [0.29, 0.717) is 6.42 Å². The van der Waals surface area contributed by atoms with E-state index in [2.05, 4.69) is 0 Å². The first-order chi connectivity index (χ1) is 6.82. The second-order valence-electron chi connectivity index (χ2n) is 3.98. The molecule has 0 saturated heterocycles. The minimum Gasteiger partial charge on any atom is -0.480 e. The van der Waals surface area contributed by atoms with E-state index < -0.39 is 18.1 Å². The third-order valence-electron chi connectivity index (χ3n) is 2.49. The Morgan fingerprint density at radius 3 is 2.13 bits per heavy atom. The Kier molecular flexibility index (Phi) is 5.28. The molecule has 0 aliphatic rings. The molecule has 15 heavy (non-hydrogen) atoms. The van der Waals surface area contributed by atoms with Crippen molar-refractivity contribution in [2.24, 2.45) is 11.7 Å². The average molecular weight is 216 g/mol. The van der Waals surface area contributed by atoms with Crippen LogP contribution in [0.2, 0.25) is 0 Å².